The van der Waals surface area contributed by atoms with Crippen molar-refractivity contribution in [2.24, 2.45) is 16.5 Å². The molecule has 0 radical (unpaired) electrons. The summed E-state index contributed by atoms with van der Waals surface area (Å²) in [5, 5.41) is 3.17. The van der Waals surface area contributed by atoms with Gasteiger partial charge < -0.3 is 21.5 Å². The first-order valence-electron chi connectivity index (χ1n) is 5.57. The molecule has 1 saturated heterocycles. The summed E-state index contributed by atoms with van der Waals surface area (Å²) < 4.78 is 39.9. The second-order valence-electron chi connectivity index (χ2n) is 3.98. The normalized spacial score (nSPS) is 19.9. The minimum atomic E-state index is -4.43. The largest absolute Gasteiger partial charge is 0.468 e. The Bertz CT molecular complexity index is 322. The third-order valence-electron chi connectivity index (χ3n) is 2.41. The van der Waals surface area contributed by atoms with Gasteiger partial charge in [-0.1, -0.05) is 0 Å². The standard InChI is InChI=1S/C10H17F3N4O/c11-10(12,13)6-18-9(15)8(14)5-17-7-1-3-16-4-2-7/h5,7,16H,1-4,6,14-15H2. The predicted octanol–water partition coefficient (Wildman–Crippen LogP) is 0.475. The van der Waals surface area contributed by atoms with Crippen molar-refractivity contribution < 1.29 is 17.9 Å². The summed E-state index contributed by atoms with van der Waals surface area (Å²) in [5.74, 6) is -0.454. The maximum Gasteiger partial charge on any atom is 0.422 e. The molecule has 5 nitrogen and oxygen atoms in total. The molecule has 5 N–H and O–H groups in total. The van der Waals surface area contributed by atoms with Gasteiger partial charge in [0.1, 0.15) is 5.70 Å². The molecule has 1 rings (SSSR count). The fourth-order valence-corrected chi connectivity index (χ4v) is 1.45. The molecule has 0 unspecified atom stereocenters. The highest BCUT2D eigenvalue weighted by molar-refractivity contribution is 5.77. The molecule has 0 aromatic heterocycles. The average Bonchev–Trinajstić information content (AvgIpc) is 2.33. The fourth-order valence-electron chi connectivity index (χ4n) is 1.45. The van der Waals surface area contributed by atoms with E-state index in [4.69, 9.17) is 11.5 Å². The van der Waals surface area contributed by atoms with Gasteiger partial charge in [-0.05, 0) is 25.9 Å². The van der Waals surface area contributed by atoms with Gasteiger partial charge in [-0.3, -0.25) is 4.99 Å². The van der Waals surface area contributed by atoms with E-state index in [0.29, 0.717) is 0 Å². The predicted molar refractivity (Wildman–Crippen MR) is 61.8 cm³/mol. The Morgan fingerprint density at radius 1 is 1.33 bits per heavy atom. The van der Waals surface area contributed by atoms with Gasteiger partial charge in [0.15, 0.2) is 6.61 Å². The minimum Gasteiger partial charge on any atom is -0.468 e. The van der Waals surface area contributed by atoms with Crippen LogP contribution in [0.2, 0.25) is 0 Å². The average molecular weight is 266 g/mol. The maximum absolute atomic E-state index is 11.9. The molecular formula is C10H17F3N4O. The van der Waals surface area contributed by atoms with E-state index in [2.05, 4.69) is 15.0 Å². The molecule has 0 aliphatic carbocycles. The zero-order valence-electron chi connectivity index (χ0n) is 9.83. The number of nitrogens with zero attached hydrogens (tertiary/aromatic N) is 1. The van der Waals surface area contributed by atoms with Crippen molar-refractivity contribution in [3.05, 3.63) is 11.6 Å². The Morgan fingerprint density at radius 3 is 2.50 bits per heavy atom. The molecule has 1 aliphatic rings. The van der Waals surface area contributed by atoms with Crippen LogP contribution in [0.3, 0.4) is 0 Å². The van der Waals surface area contributed by atoms with E-state index in [-0.39, 0.29) is 11.7 Å². The lowest BCUT2D eigenvalue weighted by molar-refractivity contribution is -0.165. The molecule has 0 spiro atoms. The molecular weight excluding hydrogens is 249 g/mol. The highest BCUT2D eigenvalue weighted by atomic mass is 19.4. The number of hydrogen-bond acceptors (Lipinski definition) is 5. The van der Waals surface area contributed by atoms with Gasteiger partial charge in [-0.15, -0.1) is 0 Å². The van der Waals surface area contributed by atoms with Crippen LogP contribution >= 0.6 is 0 Å². The quantitative estimate of drug-likeness (QED) is 0.510. The lowest BCUT2D eigenvalue weighted by Crippen LogP contribution is -2.30. The van der Waals surface area contributed by atoms with Crippen molar-refractivity contribution in [2.75, 3.05) is 19.7 Å². The van der Waals surface area contributed by atoms with Crippen molar-refractivity contribution >= 4 is 6.21 Å². The second kappa shape index (κ2) is 6.48. The van der Waals surface area contributed by atoms with Crippen LogP contribution in [-0.4, -0.2) is 38.1 Å². The Morgan fingerprint density at radius 2 is 1.94 bits per heavy atom. The molecule has 1 heterocycles. The van der Waals surface area contributed by atoms with Gasteiger partial charge in [-0.25, -0.2) is 0 Å². The van der Waals surface area contributed by atoms with Crippen molar-refractivity contribution in [1.29, 1.82) is 0 Å². The zero-order chi connectivity index (χ0) is 13.6. The molecule has 8 heteroatoms. The van der Waals surface area contributed by atoms with Crippen molar-refractivity contribution in [3.63, 3.8) is 0 Å². The van der Waals surface area contributed by atoms with Crippen molar-refractivity contribution in [1.82, 2.24) is 5.32 Å². The molecule has 0 bridgehead atoms. The van der Waals surface area contributed by atoms with Crippen LogP contribution in [0.25, 0.3) is 0 Å². The first kappa shape index (κ1) is 14.6. The zero-order valence-corrected chi connectivity index (χ0v) is 9.83. The van der Waals surface area contributed by atoms with Gasteiger partial charge in [0.25, 0.3) is 0 Å². The molecule has 18 heavy (non-hydrogen) atoms. The SMILES string of the molecule is NC(C=NC1CCNCC1)=C(N)OCC(F)(F)F. The van der Waals surface area contributed by atoms with Crippen LogP contribution in [0.15, 0.2) is 16.6 Å². The Labute approximate surface area is 103 Å². The number of nitrogens with one attached hydrogen (secondary N) is 1. The Kier molecular flexibility index (Phi) is 5.26. The van der Waals surface area contributed by atoms with E-state index in [9.17, 15) is 13.2 Å². The maximum atomic E-state index is 11.9. The van der Waals surface area contributed by atoms with Gasteiger partial charge in [0.2, 0.25) is 5.88 Å². The third kappa shape index (κ3) is 5.76. The first-order valence-corrected chi connectivity index (χ1v) is 5.57. The van der Waals surface area contributed by atoms with Gasteiger partial charge in [0.05, 0.1) is 6.04 Å². The van der Waals surface area contributed by atoms with E-state index in [1.807, 2.05) is 0 Å². The highest BCUT2D eigenvalue weighted by Gasteiger charge is 2.28. The molecule has 1 fully saturated rings. The second-order valence-corrected chi connectivity index (χ2v) is 3.98. The monoisotopic (exact) mass is 266 g/mol. The first-order chi connectivity index (χ1) is 8.38. The summed E-state index contributed by atoms with van der Waals surface area (Å²) in [7, 11) is 0. The molecule has 0 saturated carbocycles. The van der Waals surface area contributed by atoms with Crippen LogP contribution in [-0.2, 0) is 4.74 Å². The van der Waals surface area contributed by atoms with Crippen molar-refractivity contribution in [3.8, 4) is 0 Å². The Balaban J connectivity index is 2.45. The molecule has 1 aliphatic heterocycles. The van der Waals surface area contributed by atoms with E-state index in [0.717, 1.165) is 25.9 Å². The lowest BCUT2D eigenvalue weighted by atomic mass is 10.1. The van der Waals surface area contributed by atoms with Crippen LogP contribution < -0.4 is 16.8 Å². The number of alkyl halides is 3. The van der Waals surface area contributed by atoms with Crippen molar-refractivity contribution in [2.45, 2.75) is 25.1 Å². The van der Waals surface area contributed by atoms with Gasteiger partial charge in [-0.2, -0.15) is 13.2 Å². The van der Waals surface area contributed by atoms with Crippen LogP contribution in [0.1, 0.15) is 12.8 Å². The van der Waals surface area contributed by atoms with Gasteiger partial charge in [0, 0.05) is 6.21 Å². The smallest absolute Gasteiger partial charge is 0.422 e. The number of piperidine rings is 1. The lowest BCUT2D eigenvalue weighted by Gasteiger charge is -2.18. The summed E-state index contributed by atoms with van der Waals surface area (Å²) in [5.41, 5.74) is 10.6. The Hall–Kier alpha value is -1.44. The van der Waals surface area contributed by atoms with E-state index in [1.165, 1.54) is 6.21 Å². The molecule has 104 valence electrons. The van der Waals surface area contributed by atoms with Gasteiger partial charge >= 0.3 is 6.18 Å². The van der Waals surface area contributed by atoms with E-state index in [1.54, 1.807) is 0 Å². The third-order valence-corrected chi connectivity index (χ3v) is 2.41. The summed E-state index contributed by atoms with van der Waals surface area (Å²) in [6, 6.07) is 0.125. The fraction of sp³-hybridized carbons (Fsp3) is 0.700. The molecule has 0 atom stereocenters. The highest BCUT2D eigenvalue weighted by Crippen LogP contribution is 2.15. The molecule has 0 aromatic rings. The number of rotatable bonds is 4. The molecule has 0 aromatic carbocycles. The van der Waals surface area contributed by atoms with Crippen LogP contribution in [0.5, 0.6) is 0 Å². The molecule has 0 amide bonds. The number of ether oxygens (including phenoxy) is 1. The number of nitrogens with two attached hydrogens (primary N) is 2. The number of allylic oxidation sites excluding steroid dienone is 1. The topological polar surface area (TPSA) is 85.7 Å². The summed E-state index contributed by atoms with van der Waals surface area (Å²) in [6.07, 6.45) is -1.43. The summed E-state index contributed by atoms with van der Waals surface area (Å²) in [6.45, 7) is 0.276. The number of aliphatic imine (C=N–C) groups is 1. The van der Waals surface area contributed by atoms with E-state index < -0.39 is 18.7 Å². The number of hydrogen-bond donors (Lipinski definition) is 3. The van der Waals surface area contributed by atoms with Crippen LogP contribution in [0, 0.1) is 0 Å². The van der Waals surface area contributed by atoms with Crippen LogP contribution in [0.4, 0.5) is 13.2 Å². The number of halogens is 3. The minimum absolute atomic E-state index is 0.0854. The summed E-state index contributed by atoms with van der Waals surface area (Å²) in [4.78, 5) is 4.16. The van der Waals surface area contributed by atoms with E-state index >= 15 is 0 Å². The summed E-state index contributed by atoms with van der Waals surface area (Å²) >= 11 is 0.